The van der Waals surface area contributed by atoms with Gasteiger partial charge < -0.3 is 18.6 Å². The predicted molar refractivity (Wildman–Crippen MR) is 86.5 cm³/mol. The van der Waals surface area contributed by atoms with Gasteiger partial charge >= 0.3 is 0 Å². The minimum atomic E-state index is 0.0155. The topological polar surface area (TPSA) is 84.8 Å². The molecule has 2 atom stereocenters. The summed E-state index contributed by atoms with van der Waals surface area (Å²) in [6, 6.07) is 1.99. The summed E-state index contributed by atoms with van der Waals surface area (Å²) in [4.78, 5) is 20.8. The molecular weight excluding hydrogens is 324 g/mol. The lowest BCUT2D eigenvalue weighted by Crippen LogP contribution is -2.34. The zero-order valence-corrected chi connectivity index (χ0v) is 14.3. The average molecular weight is 346 g/mol. The first-order valence-corrected chi connectivity index (χ1v) is 8.59. The maximum Gasteiger partial charge on any atom is 0.236 e. The molecule has 0 bridgehead atoms. The number of likely N-dealkylation sites (tertiary alicyclic amines) is 1. The molecule has 25 heavy (non-hydrogen) atoms. The summed E-state index contributed by atoms with van der Waals surface area (Å²) in [5.41, 5.74) is 1.16. The Bertz CT molecular complexity index is 714. The number of ether oxygens (including phenoxy) is 1. The summed E-state index contributed by atoms with van der Waals surface area (Å²) in [6.45, 7) is 6.43. The molecule has 4 heterocycles. The van der Waals surface area contributed by atoms with Crippen LogP contribution in [0.25, 0.3) is 0 Å². The monoisotopic (exact) mass is 346 g/mol. The summed E-state index contributed by atoms with van der Waals surface area (Å²) in [5, 5.41) is 3.73. The molecule has 4 rings (SSSR count). The van der Waals surface area contributed by atoms with Crippen LogP contribution >= 0.6 is 0 Å². The fourth-order valence-electron chi connectivity index (χ4n) is 3.60. The molecule has 8 heteroatoms. The zero-order valence-electron chi connectivity index (χ0n) is 14.3. The molecule has 2 aliphatic rings. The van der Waals surface area contributed by atoms with E-state index < -0.39 is 0 Å². The number of aromatic nitrogens is 2. The van der Waals surface area contributed by atoms with Gasteiger partial charge in [0, 0.05) is 44.2 Å². The first-order valence-electron chi connectivity index (χ1n) is 8.59. The largest absolute Gasteiger partial charge is 0.472 e. The third kappa shape index (κ3) is 3.74. The maximum atomic E-state index is 12.5. The summed E-state index contributed by atoms with van der Waals surface area (Å²) >= 11 is 0. The van der Waals surface area contributed by atoms with Crippen LogP contribution in [0.3, 0.4) is 0 Å². The van der Waals surface area contributed by atoms with Gasteiger partial charge in [-0.05, 0) is 13.0 Å². The lowest BCUT2D eigenvalue weighted by atomic mass is 10.1. The minimum absolute atomic E-state index is 0.0155. The van der Waals surface area contributed by atoms with E-state index in [1.54, 1.807) is 19.5 Å². The highest BCUT2D eigenvalue weighted by Crippen LogP contribution is 2.25. The number of hydrogen-bond donors (Lipinski definition) is 0. The highest BCUT2D eigenvalue weighted by atomic mass is 16.5. The third-order valence-electron chi connectivity index (χ3n) is 4.82. The molecule has 0 saturated carbocycles. The van der Waals surface area contributed by atoms with Crippen molar-refractivity contribution >= 4 is 5.91 Å². The van der Waals surface area contributed by atoms with Crippen molar-refractivity contribution in [3.63, 3.8) is 0 Å². The molecule has 0 aliphatic carbocycles. The molecule has 2 aliphatic heterocycles. The van der Waals surface area contributed by atoms with E-state index in [-0.39, 0.29) is 18.4 Å². The van der Waals surface area contributed by atoms with Crippen LogP contribution in [0.15, 0.2) is 27.5 Å². The van der Waals surface area contributed by atoms with E-state index >= 15 is 0 Å². The van der Waals surface area contributed by atoms with Gasteiger partial charge in [-0.2, -0.15) is 4.98 Å². The number of aryl methyl sites for hydroxylation is 1. The number of amides is 1. The van der Waals surface area contributed by atoms with Crippen molar-refractivity contribution < 1.29 is 18.5 Å². The molecule has 8 nitrogen and oxygen atoms in total. The van der Waals surface area contributed by atoms with Crippen LogP contribution in [0.5, 0.6) is 0 Å². The van der Waals surface area contributed by atoms with Crippen LogP contribution in [0.2, 0.25) is 0 Å². The summed E-state index contributed by atoms with van der Waals surface area (Å²) in [7, 11) is 0. The van der Waals surface area contributed by atoms with Crippen LogP contribution < -0.4 is 0 Å². The standard InChI is InChI=1S/C17H22N4O4/c1-12-18-16(25-19-12)6-17(22)21-9-14-8-20(3-5-24-15(14)10-21)7-13-2-4-23-11-13/h2,4,11,14-15H,3,5-10H2,1H3/t14-,15+/m0/s1. The van der Waals surface area contributed by atoms with E-state index in [9.17, 15) is 4.79 Å². The number of nitrogens with zero attached hydrogens (tertiary/aromatic N) is 4. The Hall–Kier alpha value is -2.19. The van der Waals surface area contributed by atoms with Gasteiger partial charge in [0.05, 0.1) is 25.2 Å². The third-order valence-corrected chi connectivity index (χ3v) is 4.82. The number of hydrogen-bond acceptors (Lipinski definition) is 7. The second-order valence-electron chi connectivity index (χ2n) is 6.75. The number of carbonyl (C=O) groups excluding carboxylic acids is 1. The lowest BCUT2D eigenvalue weighted by molar-refractivity contribution is -0.130. The van der Waals surface area contributed by atoms with Gasteiger partial charge in [-0.15, -0.1) is 0 Å². The van der Waals surface area contributed by atoms with Crippen LogP contribution in [0.4, 0.5) is 0 Å². The maximum absolute atomic E-state index is 12.5. The van der Waals surface area contributed by atoms with Crippen molar-refractivity contribution in [2.45, 2.75) is 26.0 Å². The molecule has 0 unspecified atom stereocenters. The molecule has 2 saturated heterocycles. The molecule has 2 aromatic heterocycles. The fraction of sp³-hybridized carbons (Fsp3) is 0.588. The number of fused-ring (bicyclic) bond motifs is 1. The van der Waals surface area contributed by atoms with Gasteiger partial charge in [0.15, 0.2) is 5.82 Å². The Balaban J connectivity index is 1.35. The summed E-state index contributed by atoms with van der Waals surface area (Å²) in [6.07, 6.45) is 3.73. The van der Waals surface area contributed by atoms with Crippen LogP contribution in [-0.4, -0.2) is 64.7 Å². The molecule has 0 radical (unpaired) electrons. The van der Waals surface area contributed by atoms with Gasteiger partial charge in [-0.1, -0.05) is 5.16 Å². The summed E-state index contributed by atoms with van der Waals surface area (Å²) in [5.74, 6) is 1.26. The molecule has 134 valence electrons. The van der Waals surface area contributed by atoms with Gasteiger partial charge in [0.25, 0.3) is 0 Å². The molecule has 0 N–H and O–H groups in total. The van der Waals surface area contributed by atoms with Crippen LogP contribution in [0.1, 0.15) is 17.3 Å². The van der Waals surface area contributed by atoms with Gasteiger partial charge in [0.2, 0.25) is 11.8 Å². The highest BCUT2D eigenvalue weighted by Gasteiger charge is 2.38. The first-order chi connectivity index (χ1) is 12.2. The van der Waals surface area contributed by atoms with Crippen LogP contribution in [-0.2, 0) is 22.5 Å². The molecule has 2 fully saturated rings. The first kappa shape index (κ1) is 16.3. The zero-order chi connectivity index (χ0) is 17.2. The number of furan rings is 1. The molecule has 1 amide bonds. The number of rotatable bonds is 4. The Morgan fingerprint density at radius 3 is 3.04 bits per heavy atom. The number of carbonyl (C=O) groups is 1. The molecular formula is C17H22N4O4. The van der Waals surface area contributed by atoms with E-state index in [1.807, 2.05) is 11.0 Å². The van der Waals surface area contributed by atoms with Crippen LogP contribution in [0, 0.1) is 12.8 Å². The van der Waals surface area contributed by atoms with Crippen molar-refractivity contribution in [3.8, 4) is 0 Å². The van der Waals surface area contributed by atoms with E-state index in [4.69, 9.17) is 13.7 Å². The van der Waals surface area contributed by atoms with Crippen molar-refractivity contribution in [3.05, 3.63) is 35.9 Å². The van der Waals surface area contributed by atoms with Crippen molar-refractivity contribution in [2.24, 2.45) is 5.92 Å². The second kappa shape index (κ2) is 6.97. The molecule has 0 aromatic carbocycles. The van der Waals surface area contributed by atoms with E-state index in [0.29, 0.717) is 37.3 Å². The Labute approximate surface area is 145 Å². The average Bonchev–Trinajstić information content (AvgIpc) is 3.29. The van der Waals surface area contributed by atoms with E-state index in [0.717, 1.165) is 25.2 Å². The Morgan fingerprint density at radius 2 is 2.28 bits per heavy atom. The quantitative estimate of drug-likeness (QED) is 0.812. The fourth-order valence-corrected chi connectivity index (χ4v) is 3.60. The van der Waals surface area contributed by atoms with E-state index in [1.165, 1.54) is 0 Å². The Morgan fingerprint density at radius 1 is 1.36 bits per heavy atom. The lowest BCUT2D eigenvalue weighted by Gasteiger charge is -2.22. The second-order valence-corrected chi connectivity index (χ2v) is 6.75. The predicted octanol–water partition coefficient (Wildman–Crippen LogP) is 0.873. The normalized spacial score (nSPS) is 24.3. The smallest absolute Gasteiger partial charge is 0.236 e. The van der Waals surface area contributed by atoms with Crippen molar-refractivity contribution in [1.29, 1.82) is 0 Å². The minimum Gasteiger partial charge on any atom is -0.472 e. The van der Waals surface area contributed by atoms with Gasteiger partial charge in [-0.3, -0.25) is 9.69 Å². The van der Waals surface area contributed by atoms with Gasteiger partial charge in [-0.25, -0.2) is 0 Å². The highest BCUT2D eigenvalue weighted by molar-refractivity contribution is 5.78. The van der Waals surface area contributed by atoms with Crippen molar-refractivity contribution in [2.75, 3.05) is 32.8 Å². The molecule has 2 aromatic rings. The van der Waals surface area contributed by atoms with Gasteiger partial charge in [0.1, 0.15) is 6.42 Å². The molecule has 0 spiro atoms. The summed E-state index contributed by atoms with van der Waals surface area (Å²) < 4.78 is 16.2. The van der Waals surface area contributed by atoms with E-state index in [2.05, 4.69) is 15.0 Å². The van der Waals surface area contributed by atoms with Crippen molar-refractivity contribution in [1.82, 2.24) is 19.9 Å². The Kier molecular flexibility index (Phi) is 4.54. The SMILES string of the molecule is Cc1noc(CC(=O)N2C[C@@H]3CN(Cc4ccoc4)CCO[C@@H]3C2)n1.